The highest BCUT2D eigenvalue weighted by atomic mass is 32.2. The third kappa shape index (κ3) is 5.72. The van der Waals surface area contributed by atoms with Gasteiger partial charge in [0.25, 0.3) is 0 Å². The van der Waals surface area contributed by atoms with Gasteiger partial charge in [-0.15, -0.1) is 0 Å². The number of fused-ring (bicyclic) bond motifs is 1. The Morgan fingerprint density at radius 1 is 1.19 bits per heavy atom. The lowest BCUT2D eigenvalue weighted by Gasteiger charge is -2.29. The van der Waals surface area contributed by atoms with Crippen molar-refractivity contribution in [2.24, 2.45) is 0 Å². The summed E-state index contributed by atoms with van der Waals surface area (Å²) in [4.78, 5) is 25.6. The van der Waals surface area contributed by atoms with Gasteiger partial charge in [0.2, 0.25) is 11.8 Å². The standard InChI is InChI=1S/C21H31N3O2S/c1-27-12-11-18(20(25)23-17-9-3-2-4-10-17)24-21(26)19-13-15-7-5-6-8-16(15)14-22-19/h5-8,17-19,22H,2-4,9-14H2,1H3,(H,23,25)(H,24,26)/t18-,19-/m1/s1. The van der Waals surface area contributed by atoms with Gasteiger partial charge >= 0.3 is 0 Å². The van der Waals surface area contributed by atoms with Crippen molar-refractivity contribution in [2.75, 3.05) is 12.0 Å². The van der Waals surface area contributed by atoms with Crippen molar-refractivity contribution >= 4 is 23.6 Å². The monoisotopic (exact) mass is 389 g/mol. The Kier molecular flexibility index (Phi) is 7.59. The molecule has 0 aromatic heterocycles. The molecule has 2 aliphatic rings. The highest BCUT2D eigenvalue weighted by molar-refractivity contribution is 7.98. The van der Waals surface area contributed by atoms with E-state index in [4.69, 9.17) is 0 Å². The predicted molar refractivity (Wildman–Crippen MR) is 111 cm³/mol. The second-order valence-corrected chi connectivity index (χ2v) is 8.58. The summed E-state index contributed by atoms with van der Waals surface area (Å²) >= 11 is 1.70. The fraction of sp³-hybridized carbons (Fsp3) is 0.619. The zero-order valence-corrected chi connectivity index (χ0v) is 16.9. The summed E-state index contributed by atoms with van der Waals surface area (Å²) in [6, 6.07) is 7.74. The number of thioether (sulfide) groups is 1. The highest BCUT2D eigenvalue weighted by Crippen LogP contribution is 2.18. The largest absolute Gasteiger partial charge is 0.352 e. The van der Waals surface area contributed by atoms with Crippen LogP contribution in [0.2, 0.25) is 0 Å². The lowest BCUT2D eigenvalue weighted by atomic mass is 9.94. The molecule has 27 heavy (non-hydrogen) atoms. The third-order valence-corrected chi connectivity index (χ3v) is 6.24. The molecule has 1 aliphatic heterocycles. The summed E-state index contributed by atoms with van der Waals surface area (Å²) in [6.45, 7) is 0.692. The number of nitrogens with one attached hydrogen (secondary N) is 3. The summed E-state index contributed by atoms with van der Waals surface area (Å²) < 4.78 is 0. The maximum atomic E-state index is 12.8. The van der Waals surface area contributed by atoms with E-state index < -0.39 is 6.04 Å². The molecule has 1 aromatic carbocycles. The number of rotatable bonds is 7. The minimum atomic E-state index is -0.453. The Bertz CT molecular complexity index is 646. The van der Waals surface area contributed by atoms with E-state index in [0.29, 0.717) is 19.4 Å². The van der Waals surface area contributed by atoms with E-state index in [1.54, 1.807) is 11.8 Å². The predicted octanol–water partition coefficient (Wildman–Crippen LogP) is 2.39. The molecule has 148 valence electrons. The van der Waals surface area contributed by atoms with Crippen LogP contribution in [-0.4, -0.2) is 41.9 Å². The molecule has 0 unspecified atom stereocenters. The topological polar surface area (TPSA) is 70.2 Å². The smallest absolute Gasteiger partial charge is 0.242 e. The third-order valence-electron chi connectivity index (χ3n) is 5.59. The van der Waals surface area contributed by atoms with Gasteiger partial charge in [-0.25, -0.2) is 0 Å². The molecule has 1 heterocycles. The Morgan fingerprint density at radius 3 is 2.67 bits per heavy atom. The van der Waals surface area contributed by atoms with Crippen LogP contribution in [0, 0.1) is 0 Å². The fourth-order valence-corrected chi connectivity index (χ4v) is 4.44. The van der Waals surface area contributed by atoms with Gasteiger partial charge in [0, 0.05) is 12.6 Å². The van der Waals surface area contributed by atoms with Gasteiger partial charge in [-0.1, -0.05) is 43.5 Å². The average Bonchev–Trinajstić information content (AvgIpc) is 2.71. The molecule has 6 heteroatoms. The Morgan fingerprint density at radius 2 is 1.93 bits per heavy atom. The first kappa shape index (κ1) is 20.2. The minimum absolute atomic E-state index is 0.0273. The fourth-order valence-electron chi connectivity index (χ4n) is 3.97. The summed E-state index contributed by atoms with van der Waals surface area (Å²) in [5.74, 6) is 0.749. The molecule has 0 spiro atoms. The van der Waals surface area contributed by atoms with Crippen LogP contribution in [0.4, 0.5) is 0 Å². The van der Waals surface area contributed by atoms with Crippen molar-refractivity contribution in [3.8, 4) is 0 Å². The molecule has 1 saturated carbocycles. The van der Waals surface area contributed by atoms with Gasteiger partial charge in [-0.05, 0) is 48.8 Å². The Labute approximate surface area is 166 Å². The van der Waals surface area contributed by atoms with Crippen molar-refractivity contribution < 1.29 is 9.59 Å². The molecular formula is C21H31N3O2S. The van der Waals surface area contributed by atoms with E-state index in [1.807, 2.05) is 18.4 Å². The van der Waals surface area contributed by atoms with Crippen LogP contribution in [0.5, 0.6) is 0 Å². The van der Waals surface area contributed by atoms with Crippen LogP contribution in [0.15, 0.2) is 24.3 Å². The van der Waals surface area contributed by atoms with Gasteiger partial charge < -0.3 is 16.0 Å². The number of hydrogen-bond donors (Lipinski definition) is 3. The summed E-state index contributed by atoms with van der Waals surface area (Å²) in [5.41, 5.74) is 2.46. The van der Waals surface area contributed by atoms with Crippen molar-refractivity contribution in [1.29, 1.82) is 0 Å². The molecule has 3 N–H and O–H groups in total. The normalized spacial score (nSPS) is 21.1. The molecule has 5 nitrogen and oxygen atoms in total. The van der Waals surface area contributed by atoms with Crippen LogP contribution in [-0.2, 0) is 22.6 Å². The first-order valence-corrected chi connectivity index (χ1v) is 11.5. The number of benzene rings is 1. The first-order valence-electron chi connectivity index (χ1n) is 10.1. The average molecular weight is 390 g/mol. The van der Waals surface area contributed by atoms with Crippen molar-refractivity contribution in [2.45, 2.75) is 69.6 Å². The number of carbonyl (C=O) groups is 2. The molecule has 0 saturated heterocycles. The molecule has 2 atom stereocenters. The van der Waals surface area contributed by atoms with Crippen molar-refractivity contribution in [1.82, 2.24) is 16.0 Å². The van der Waals surface area contributed by atoms with Crippen LogP contribution >= 0.6 is 11.8 Å². The molecule has 1 aliphatic carbocycles. The van der Waals surface area contributed by atoms with Crippen molar-refractivity contribution in [3.63, 3.8) is 0 Å². The summed E-state index contributed by atoms with van der Waals surface area (Å²) in [7, 11) is 0. The van der Waals surface area contributed by atoms with Gasteiger partial charge in [0.1, 0.15) is 6.04 Å². The maximum absolute atomic E-state index is 12.8. The SMILES string of the molecule is CSCC[C@@H](NC(=O)[C@H]1Cc2ccccc2CN1)C(=O)NC1CCCCC1. The molecule has 3 rings (SSSR count). The van der Waals surface area contributed by atoms with Crippen LogP contribution < -0.4 is 16.0 Å². The summed E-state index contributed by atoms with van der Waals surface area (Å²) in [5, 5.41) is 9.49. The molecule has 0 bridgehead atoms. The maximum Gasteiger partial charge on any atom is 0.242 e. The highest BCUT2D eigenvalue weighted by Gasteiger charge is 2.29. The van der Waals surface area contributed by atoms with Crippen LogP contribution in [0.25, 0.3) is 0 Å². The van der Waals surface area contributed by atoms with E-state index in [9.17, 15) is 9.59 Å². The second-order valence-electron chi connectivity index (χ2n) is 7.59. The van der Waals surface area contributed by atoms with E-state index in [2.05, 4.69) is 28.1 Å². The second kappa shape index (κ2) is 10.1. The van der Waals surface area contributed by atoms with Gasteiger partial charge in [-0.2, -0.15) is 11.8 Å². The summed E-state index contributed by atoms with van der Waals surface area (Å²) in [6.07, 6.45) is 9.07. The molecule has 1 aromatic rings. The minimum Gasteiger partial charge on any atom is -0.352 e. The van der Waals surface area contributed by atoms with Gasteiger partial charge in [0.15, 0.2) is 0 Å². The molecule has 2 amide bonds. The quantitative estimate of drug-likeness (QED) is 0.670. The molecular weight excluding hydrogens is 358 g/mol. The first-order chi connectivity index (χ1) is 13.2. The van der Waals surface area contributed by atoms with E-state index in [0.717, 1.165) is 18.6 Å². The molecule has 1 fully saturated rings. The van der Waals surface area contributed by atoms with Gasteiger partial charge in [-0.3, -0.25) is 9.59 Å². The Balaban J connectivity index is 1.58. The Hall–Kier alpha value is -1.53. The van der Waals surface area contributed by atoms with E-state index in [-0.39, 0.29) is 23.9 Å². The number of amides is 2. The van der Waals surface area contributed by atoms with Crippen LogP contribution in [0.3, 0.4) is 0 Å². The molecule has 0 radical (unpaired) electrons. The van der Waals surface area contributed by atoms with Crippen molar-refractivity contribution in [3.05, 3.63) is 35.4 Å². The lowest BCUT2D eigenvalue weighted by Crippen LogP contribution is -2.55. The number of hydrogen-bond acceptors (Lipinski definition) is 4. The van der Waals surface area contributed by atoms with E-state index in [1.165, 1.54) is 30.4 Å². The van der Waals surface area contributed by atoms with E-state index >= 15 is 0 Å². The number of carbonyl (C=O) groups excluding carboxylic acids is 2. The zero-order valence-electron chi connectivity index (χ0n) is 16.1. The van der Waals surface area contributed by atoms with Crippen LogP contribution in [0.1, 0.15) is 49.7 Å². The zero-order chi connectivity index (χ0) is 19.1. The lowest BCUT2D eigenvalue weighted by molar-refractivity contribution is -0.130. The van der Waals surface area contributed by atoms with Gasteiger partial charge in [0.05, 0.1) is 6.04 Å².